The third-order valence-electron chi connectivity index (χ3n) is 1.23. The average molecular weight is 164 g/mol. The number of primary amides is 1. The second-order valence-corrected chi connectivity index (χ2v) is 2.04. The van der Waals surface area contributed by atoms with Crippen molar-refractivity contribution in [2.75, 3.05) is 0 Å². The normalized spacial score (nSPS) is 9.00. The van der Waals surface area contributed by atoms with Crippen LogP contribution in [0.25, 0.3) is 0 Å². The number of pyridine rings is 1. The van der Waals surface area contributed by atoms with E-state index >= 15 is 0 Å². The third-order valence-corrected chi connectivity index (χ3v) is 1.23. The monoisotopic (exact) mass is 164 g/mol. The first-order valence-corrected chi connectivity index (χ1v) is 3.08. The number of hydrogen-bond acceptors (Lipinski definition) is 2. The minimum atomic E-state index is -0.926. The van der Waals surface area contributed by atoms with E-state index in [1.54, 1.807) is 0 Å². The van der Waals surface area contributed by atoms with Crippen LogP contribution in [0, 0.1) is 18.2 Å². The molecule has 4 heteroatoms. The van der Waals surface area contributed by atoms with Crippen molar-refractivity contribution >= 4 is 5.91 Å². The summed E-state index contributed by atoms with van der Waals surface area (Å²) in [6.07, 6.45) is 4.98. The van der Waals surface area contributed by atoms with Crippen LogP contribution in [0.5, 0.6) is 0 Å². The second kappa shape index (κ2) is 3.01. The summed E-state index contributed by atoms with van der Waals surface area (Å²) in [4.78, 5) is 14.0. The molecule has 0 unspecified atom stereocenters. The number of hydrogen-bond donors (Lipinski definition) is 1. The van der Waals surface area contributed by atoms with Crippen molar-refractivity contribution in [3.8, 4) is 12.3 Å². The Labute approximate surface area is 68.4 Å². The molecule has 0 fully saturated rings. The summed E-state index contributed by atoms with van der Waals surface area (Å²) in [7, 11) is 0. The minimum Gasteiger partial charge on any atom is -0.364 e. The van der Waals surface area contributed by atoms with Crippen molar-refractivity contribution in [2.24, 2.45) is 5.73 Å². The van der Waals surface area contributed by atoms with Gasteiger partial charge in [-0.3, -0.25) is 4.79 Å². The molecule has 0 atom stereocenters. The van der Waals surface area contributed by atoms with E-state index in [2.05, 4.69) is 10.9 Å². The molecule has 0 aliphatic heterocycles. The van der Waals surface area contributed by atoms with Gasteiger partial charge in [-0.15, -0.1) is 6.42 Å². The SMILES string of the molecule is C#Cc1ccc(F)c(C(N)=O)n1. The number of nitrogens with zero attached hydrogens (tertiary/aromatic N) is 1. The smallest absolute Gasteiger partial charge is 0.270 e. The highest BCUT2D eigenvalue weighted by Crippen LogP contribution is 2.03. The van der Waals surface area contributed by atoms with Gasteiger partial charge < -0.3 is 5.73 Å². The van der Waals surface area contributed by atoms with Gasteiger partial charge in [0.1, 0.15) is 5.69 Å². The van der Waals surface area contributed by atoms with Gasteiger partial charge >= 0.3 is 0 Å². The van der Waals surface area contributed by atoms with Crippen LogP contribution in [0.1, 0.15) is 16.2 Å². The van der Waals surface area contributed by atoms with E-state index in [-0.39, 0.29) is 5.69 Å². The Morgan fingerprint density at radius 2 is 2.33 bits per heavy atom. The van der Waals surface area contributed by atoms with Crippen LogP contribution in [0.2, 0.25) is 0 Å². The van der Waals surface area contributed by atoms with Crippen LogP contribution in [0.15, 0.2) is 12.1 Å². The Morgan fingerprint density at radius 3 is 2.83 bits per heavy atom. The quantitative estimate of drug-likeness (QED) is 0.607. The van der Waals surface area contributed by atoms with Crippen molar-refractivity contribution < 1.29 is 9.18 Å². The second-order valence-electron chi connectivity index (χ2n) is 2.04. The molecular formula is C8H5FN2O. The van der Waals surface area contributed by atoms with E-state index in [1.165, 1.54) is 6.07 Å². The Bertz CT molecular complexity index is 368. The summed E-state index contributed by atoms with van der Waals surface area (Å²) in [5, 5.41) is 0. The van der Waals surface area contributed by atoms with E-state index < -0.39 is 17.4 Å². The minimum absolute atomic E-state index is 0.185. The third kappa shape index (κ3) is 1.40. The first kappa shape index (κ1) is 8.21. The average Bonchev–Trinajstić information content (AvgIpc) is 2.05. The number of terminal acetylenes is 1. The number of halogens is 1. The molecule has 1 heterocycles. The van der Waals surface area contributed by atoms with E-state index in [0.29, 0.717) is 0 Å². The zero-order chi connectivity index (χ0) is 9.14. The van der Waals surface area contributed by atoms with Gasteiger partial charge in [0, 0.05) is 0 Å². The number of aromatic nitrogens is 1. The van der Waals surface area contributed by atoms with Crippen LogP contribution < -0.4 is 5.73 Å². The number of amides is 1. The largest absolute Gasteiger partial charge is 0.364 e. The number of nitrogens with two attached hydrogens (primary N) is 1. The number of carbonyl (C=O) groups excluding carboxylic acids is 1. The van der Waals surface area contributed by atoms with Gasteiger partial charge in [-0.25, -0.2) is 9.37 Å². The lowest BCUT2D eigenvalue weighted by Crippen LogP contribution is -2.15. The van der Waals surface area contributed by atoms with Gasteiger partial charge in [-0.1, -0.05) is 5.92 Å². The Kier molecular flexibility index (Phi) is 2.06. The van der Waals surface area contributed by atoms with Crippen molar-refractivity contribution in [3.63, 3.8) is 0 Å². The van der Waals surface area contributed by atoms with E-state index in [9.17, 15) is 9.18 Å². The van der Waals surface area contributed by atoms with Crippen LogP contribution in [-0.2, 0) is 0 Å². The number of carbonyl (C=O) groups is 1. The highest BCUT2D eigenvalue weighted by atomic mass is 19.1. The Balaban J connectivity index is 3.28. The van der Waals surface area contributed by atoms with Gasteiger partial charge in [-0.05, 0) is 12.1 Å². The van der Waals surface area contributed by atoms with Crippen molar-refractivity contribution in [3.05, 3.63) is 29.3 Å². The predicted molar refractivity (Wildman–Crippen MR) is 40.6 cm³/mol. The first-order valence-electron chi connectivity index (χ1n) is 3.08. The number of rotatable bonds is 1. The fraction of sp³-hybridized carbons (Fsp3) is 0. The molecule has 0 aliphatic rings. The molecule has 0 spiro atoms. The zero-order valence-electron chi connectivity index (χ0n) is 6.04. The van der Waals surface area contributed by atoms with Gasteiger partial charge in [0.25, 0.3) is 5.91 Å². The molecule has 0 saturated carbocycles. The lowest BCUT2D eigenvalue weighted by molar-refractivity contribution is 0.0991. The lowest BCUT2D eigenvalue weighted by atomic mass is 10.3. The van der Waals surface area contributed by atoms with E-state index in [4.69, 9.17) is 12.2 Å². The standard InChI is InChI=1S/C8H5FN2O/c1-2-5-3-4-6(9)7(11-5)8(10)12/h1,3-4H,(H2,10,12). The Morgan fingerprint density at radius 1 is 1.67 bits per heavy atom. The van der Waals surface area contributed by atoms with Gasteiger partial charge in [0.05, 0.1) is 0 Å². The fourth-order valence-corrected chi connectivity index (χ4v) is 0.695. The molecule has 2 N–H and O–H groups in total. The highest BCUT2D eigenvalue weighted by Gasteiger charge is 2.09. The first-order chi connectivity index (χ1) is 5.65. The van der Waals surface area contributed by atoms with Crippen molar-refractivity contribution in [1.82, 2.24) is 4.98 Å². The molecule has 0 aromatic carbocycles. The maximum absolute atomic E-state index is 12.7. The summed E-state index contributed by atoms with van der Waals surface area (Å²) < 4.78 is 12.7. The Hall–Kier alpha value is -1.89. The predicted octanol–water partition coefficient (Wildman–Crippen LogP) is 0.301. The fourth-order valence-electron chi connectivity index (χ4n) is 0.695. The summed E-state index contributed by atoms with van der Waals surface area (Å²) in [6.45, 7) is 0. The van der Waals surface area contributed by atoms with E-state index in [1.807, 2.05) is 0 Å². The summed E-state index contributed by atoms with van der Waals surface area (Å²) in [5.41, 5.74) is 4.59. The molecular weight excluding hydrogens is 159 g/mol. The molecule has 12 heavy (non-hydrogen) atoms. The molecule has 1 aromatic heterocycles. The molecule has 1 rings (SSSR count). The maximum atomic E-state index is 12.7. The van der Waals surface area contributed by atoms with Crippen LogP contribution in [0.3, 0.4) is 0 Å². The molecule has 0 bridgehead atoms. The van der Waals surface area contributed by atoms with E-state index in [0.717, 1.165) is 6.07 Å². The molecule has 0 aliphatic carbocycles. The van der Waals surface area contributed by atoms with Crippen molar-refractivity contribution in [1.29, 1.82) is 0 Å². The summed E-state index contributed by atoms with van der Waals surface area (Å²) in [6, 6.07) is 2.35. The summed E-state index contributed by atoms with van der Waals surface area (Å²) in [5.74, 6) is 0.475. The molecule has 3 nitrogen and oxygen atoms in total. The zero-order valence-corrected chi connectivity index (χ0v) is 6.04. The van der Waals surface area contributed by atoms with Crippen molar-refractivity contribution in [2.45, 2.75) is 0 Å². The lowest BCUT2D eigenvalue weighted by Gasteiger charge is -1.96. The van der Waals surface area contributed by atoms with Gasteiger partial charge in [-0.2, -0.15) is 0 Å². The van der Waals surface area contributed by atoms with Gasteiger partial charge in [0.2, 0.25) is 0 Å². The molecule has 1 aromatic rings. The summed E-state index contributed by atoms with van der Waals surface area (Å²) >= 11 is 0. The molecule has 0 radical (unpaired) electrons. The molecule has 0 saturated heterocycles. The molecule has 1 amide bonds. The molecule has 60 valence electrons. The maximum Gasteiger partial charge on any atom is 0.270 e. The van der Waals surface area contributed by atoms with Crippen LogP contribution in [0.4, 0.5) is 4.39 Å². The van der Waals surface area contributed by atoms with Crippen LogP contribution >= 0.6 is 0 Å². The topological polar surface area (TPSA) is 56.0 Å². The highest BCUT2D eigenvalue weighted by molar-refractivity contribution is 5.91. The van der Waals surface area contributed by atoms with Crippen LogP contribution in [-0.4, -0.2) is 10.9 Å². The van der Waals surface area contributed by atoms with Gasteiger partial charge in [0.15, 0.2) is 11.5 Å².